The Bertz CT molecular complexity index is 591. The standard InChI is InChI=1S/C17H26N2O4/c1-10-6-7-14(18)11(2)13(10)8-12(9-15(20)21)19-16(22)23-17(3,4)5/h6-7,12H,8-9,18H2,1-5H3,(H,19,22)(H,20,21). The van der Waals surface area contributed by atoms with E-state index in [4.69, 9.17) is 15.6 Å². The number of carboxylic acids is 1. The van der Waals surface area contributed by atoms with Gasteiger partial charge in [0.2, 0.25) is 0 Å². The molecule has 23 heavy (non-hydrogen) atoms. The van der Waals surface area contributed by atoms with Crippen molar-refractivity contribution >= 4 is 17.7 Å². The van der Waals surface area contributed by atoms with Gasteiger partial charge >= 0.3 is 12.1 Å². The lowest BCUT2D eigenvalue weighted by Crippen LogP contribution is -2.41. The first-order valence-corrected chi connectivity index (χ1v) is 7.55. The fourth-order valence-corrected chi connectivity index (χ4v) is 2.33. The van der Waals surface area contributed by atoms with Crippen molar-refractivity contribution in [2.45, 2.75) is 59.1 Å². The van der Waals surface area contributed by atoms with E-state index in [0.29, 0.717) is 12.1 Å². The molecule has 0 fully saturated rings. The number of carboxylic acid groups (broad SMARTS) is 1. The van der Waals surface area contributed by atoms with Crippen LogP contribution in [0.1, 0.15) is 43.9 Å². The van der Waals surface area contributed by atoms with Crippen molar-refractivity contribution in [3.8, 4) is 0 Å². The van der Waals surface area contributed by atoms with Crippen molar-refractivity contribution in [2.24, 2.45) is 0 Å². The van der Waals surface area contributed by atoms with Crippen LogP contribution in [0.4, 0.5) is 10.5 Å². The molecule has 0 aliphatic rings. The SMILES string of the molecule is Cc1ccc(N)c(C)c1CC(CC(=O)O)NC(=O)OC(C)(C)C. The number of carbonyl (C=O) groups is 2. The van der Waals surface area contributed by atoms with Crippen LogP contribution in [-0.2, 0) is 16.0 Å². The molecule has 4 N–H and O–H groups in total. The van der Waals surface area contributed by atoms with Gasteiger partial charge in [0, 0.05) is 11.7 Å². The summed E-state index contributed by atoms with van der Waals surface area (Å²) in [7, 11) is 0. The monoisotopic (exact) mass is 322 g/mol. The van der Waals surface area contributed by atoms with Crippen LogP contribution in [0.15, 0.2) is 12.1 Å². The number of aliphatic carboxylic acids is 1. The molecule has 6 heteroatoms. The van der Waals surface area contributed by atoms with Crippen molar-refractivity contribution in [2.75, 3.05) is 5.73 Å². The molecule has 0 aliphatic carbocycles. The van der Waals surface area contributed by atoms with Gasteiger partial charge in [0.05, 0.1) is 6.42 Å². The largest absolute Gasteiger partial charge is 0.481 e. The van der Waals surface area contributed by atoms with Crippen LogP contribution in [0.3, 0.4) is 0 Å². The highest BCUT2D eigenvalue weighted by atomic mass is 16.6. The molecule has 0 saturated carbocycles. The molecule has 1 atom stereocenters. The first-order valence-electron chi connectivity index (χ1n) is 7.55. The average Bonchev–Trinajstić information content (AvgIpc) is 2.36. The maximum absolute atomic E-state index is 11.9. The Morgan fingerprint density at radius 2 is 1.91 bits per heavy atom. The third-order valence-corrected chi connectivity index (χ3v) is 3.47. The summed E-state index contributed by atoms with van der Waals surface area (Å²) in [5.41, 5.74) is 8.81. The third-order valence-electron chi connectivity index (χ3n) is 3.47. The van der Waals surface area contributed by atoms with E-state index in [1.807, 2.05) is 26.0 Å². The van der Waals surface area contributed by atoms with Gasteiger partial charge in [0.25, 0.3) is 0 Å². The molecule has 6 nitrogen and oxygen atoms in total. The molecule has 128 valence electrons. The lowest BCUT2D eigenvalue weighted by atomic mass is 9.94. The van der Waals surface area contributed by atoms with Crippen LogP contribution >= 0.6 is 0 Å². The topological polar surface area (TPSA) is 102 Å². The summed E-state index contributed by atoms with van der Waals surface area (Å²) in [6.45, 7) is 9.09. The van der Waals surface area contributed by atoms with Gasteiger partial charge in [-0.1, -0.05) is 6.07 Å². The molecule has 1 rings (SSSR count). The van der Waals surface area contributed by atoms with Gasteiger partial charge in [-0.25, -0.2) is 4.79 Å². The van der Waals surface area contributed by atoms with Crippen molar-refractivity contribution in [1.82, 2.24) is 5.32 Å². The van der Waals surface area contributed by atoms with E-state index < -0.39 is 23.7 Å². The average molecular weight is 322 g/mol. The lowest BCUT2D eigenvalue weighted by Gasteiger charge is -2.24. The van der Waals surface area contributed by atoms with E-state index in [1.54, 1.807) is 20.8 Å². The van der Waals surface area contributed by atoms with Crippen LogP contribution in [-0.4, -0.2) is 28.8 Å². The van der Waals surface area contributed by atoms with Crippen molar-refractivity contribution < 1.29 is 19.4 Å². The van der Waals surface area contributed by atoms with Gasteiger partial charge in [-0.15, -0.1) is 0 Å². The number of anilines is 1. The summed E-state index contributed by atoms with van der Waals surface area (Å²) in [5, 5.41) is 11.7. The second kappa shape index (κ2) is 7.35. The maximum atomic E-state index is 11.9. The molecule has 0 aromatic heterocycles. The molecule has 0 bridgehead atoms. The van der Waals surface area contributed by atoms with Crippen LogP contribution < -0.4 is 11.1 Å². The molecule has 0 spiro atoms. The number of alkyl carbamates (subject to hydrolysis) is 1. The van der Waals surface area contributed by atoms with Gasteiger partial charge in [0.15, 0.2) is 0 Å². The highest BCUT2D eigenvalue weighted by molar-refractivity contribution is 5.71. The number of hydrogen-bond donors (Lipinski definition) is 3. The molecule has 1 aromatic rings. The predicted molar refractivity (Wildman–Crippen MR) is 89.4 cm³/mol. The van der Waals surface area contributed by atoms with E-state index >= 15 is 0 Å². The van der Waals surface area contributed by atoms with Crippen LogP contribution in [0.5, 0.6) is 0 Å². The molecule has 0 saturated heterocycles. The minimum Gasteiger partial charge on any atom is -0.481 e. The first-order chi connectivity index (χ1) is 10.5. The molecular formula is C17H26N2O4. The van der Waals surface area contributed by atoms with Gasteiger partial charge in [0.1, 0.15) is 5.60 Å². The number of aryl methyl sites for hydroxylation is 1. The molecular weight excluding hydrogens is 296 g/mol. The minimum atomic E-state index is -0.981. The molecule has 1 unspecified atom stereocenters. The number of nitrogens with one attached hydrogen (secondary N) is 1. The van der Waals surface area contributed by atoms with Crippen LogP contribution in [0.2, 0.25) is 0 Å². The summed E-state index contributed by atoms with van der Waals surface area (Å²) in [6.07, 6.45) is -0.427. The Balaban J connectivity index is 2.94. The molecule has 0 radical (unpaired) electrons. The number of amides is 1. The van der Waals surface area contributed by atoms with Gasteiger partial charge in [-0.3, -0.25) is 4.79 Å². The summed E-state index contributed by atoms with van der Waals surface area (Å²) < 4.78 is 5.20. The summed E-state index contributed by atoms with van der Waals surface area (Å²) in [6, 6.07) is 3.14. The third kappa shape index (κ3) is 6.18. The molecule has 1 amide bonds. The van der Waals surface area contributed by atoms with E-state index in [1.165, 1.54) is 0 Å². The molecule has 0 heterocycles. The lowest BCUT2D eigenvalue weighted by molar-refractivity contribution is -0.137. The fraction of sp³-hybridized carbons (Fsp3) is 0.529. The Labute approximate surface area is 137 Å². The van der Waals surface area contributed by atoms with Crippen molar-refractivity contribution in [3.63, 3.8) is 0 Å². The Kier molecular flexibility index (Phi) is 6.01. The minimum absolute atomic E-state index is 0.188. The van der Waals surface area contributed by atoms with Gasteiger partial charge in [-0.2, -0.15) is 0 Å². The van der Waals surface area contributed by atoms with Crippen LogP contribution in [0, 0.1) is 13.8 Å². The summed E-state index contributed by atoms with van der Waals surface area (Å²) in [5.74, 6) is -0.981. The number of hydrogen-bond acceptors (Lipinski definition) is 4. The summed E-state index contributed by atoms with van der Waals surface area (Å²) in [4.78, 5) is 23.0. The Morgan fingerprint density at radius 1 is 1.30 bits per heavy atom. The molecule has 1 aromatic carbocycles. The fourth-order valence-electron chi connectivity index (χ4n) is 2.33. The highest BCUT2D eigenvalue weighted by Crippen LogP contribution is 2.22. The van der Waals surface area contributed by atoms with E-state index in [0.717, 1.165) is 16.7 Å². The summed E-state index contributed by atoms with van der Waals surface area (Å²) >= 11 is 0. The predicted octanol–water partition coefficient (Wildman–Crippen LogP) is 2.80. The Hall–Kier alpha value is -2.24. The zero-order chi connectivity index (χ0) is 17.8. The van der Waals surface area contributed by atoms with E-state index in [-0.39, 0.29) is 6.42 Å². The number of carbonyl (C=O) groups excluding carboxylic acids is 1. The van der Waals surface area contributed by atoms with Gasteiger partial charge < -0.3 is 20.9 Å². The second-order valence-corrected chi connectivity index (χ2v) is 6.72. The van der Waals surface area contributed by atoms with E-state index in [9.17, 15) is 9.59 Å². The first kappa shape index (κ1) is 18.8. The van der Waals surface area contributed by atoms with Crippen molar-refractivity contribution in [3.05, 3.63) is 28.8 Å². The number of ether oxygens (including phenoxy) is 1. The maximum Gasteiger partial charge on any atom is 0.407 e. The zero-order valence-corrected chi connectivity index (χ0v) is 14.4. The molecule has 0 aliphatic heterocycles. The number of rotatable bonds is 5. The smallest absolute Gasteiger partial charge is 0.407 e. The van der Waals surface area contributed by atoms with E-state index in [2.05, 4.69) is 5.32 Å². The van der Waals surface area contributed by atoms with Gasteiger partial charge in [-0.05, 0) is 63.8 Å². The number of benzene rings is 1. The van der Waals surface area contributed by atoms with Crippen molar-refractivity contribution in [1.29, 1.82) is 0 Å². The highest BCUT2D eigenvalue weighted by Gasteiger charge is 2.22. The second-order valence-electron chi connectivity index (χ2n) is 6.72. The van der Waals surface area contributed by atoms with Crippen LogP contribution in [0.25, 0.3) is 0 Å². The number of nitrogens with two attached hydrogens (primary N) is 1. The quantitative estimate of drug-likeness (QED) is 0.724. The Morgan fingerprint density at radius 3 is 2.43 bits per heavy atom. The zero-order valence-electron chi connectivity index (χ0n) is 14.4. The normalized spacial score (nSPS) is 12.6. The number of nitrogen functional groups attached to an aromatic ring is 1.